The summed E-state index contributed by atoms with van der Waals surface area (Å²) >= 11 is 1.62. The predicted octanol–water partition coefficient (Wildman–Crippen LogP) is 2.55. The van der Waals surface area contributed by atoms with Gasteiger partial charge >= 0.3 is 5.97 Å². The first-order valence-electron chi connectivity index (χ1n) is 5.31. The van der Waals surface area contributed by atoms with Gasteiger partial charge in [-0.1, -0.05) is 19.8 Å². The minimum atomic E-state index is -0.441. The second-order valence-electron chi connectivity index (χ2n) is 3.29. The van der Waals surface area contributed by atoms with Gasteiger partial charge in [-0.15, -0.1) is 11.8 Å². The molecule has 0 aliphatic heterocycles. The molecule has 0 amide bonds. The van der Waals surface area contributed by atoms with E-state index in [4.69, 9.17) is 0 Å². The normalized spacial score (nSPS) is 10.1. The van der Waals surface area contributed by atoms with E-state index in [1.807, 2.05) is 0 Å². The minimum absolute atomic E-state index is 0.267. The predicted molar refractivity (Wildman–Crippen MR) is 63.6 cm³/mol. The third kappa shape index (κ3) is 4.18. The summed E-state index contributed by atoms with van der Waals surface area (Å²) in [6.45, 7) is 2.17. The van der Waals surface area contributed by atoms with Gasteiger partial charge in [0, 0.05) is 0 Å². The van der Waals surface area contributed by atoms with Crippen molar-refractivity contribution in [3.8, 4) is 0 Å². The minimum Gasteiger partial charge on any atom is -0.464 e. The SMILES string of the molecule is CCCCCSc1cncc(C(=O)OC)n1. The molecule has 0 atom stereocenters. The zero-order valence-electron chi connectivity index (χ0n) is 9.60. The lowest BCUT2D eigenvalue weighted by Crippen LogP contribution is -2.05. The fourth-order valence-corrected chi connectivity index (χ4v) is 2.01. The number of unbranched alkanes of at least 4 members (excludes halogenated alkanes) is 2. The van der Waals surface area contributed by atoms with Crippen molar-refractivity contribution in [2.45, 2.75) is 31.2 Å². The van der Waals surface area contributed by atoms with Crippen molar-refractivity contribution < 1.29 is 9.53 Å². The van der Waals surface area contributed by atoms with E-state index in [0.717, 1.165) is 17.2 Å². The lowest BCUT2D eigenvalue weighted by atomic mass is 10.3. The first-order chi connectivity index (χ1) is 7.77. The molecule has 0 unspecified atom stereocenters. The van der Waals surface area contributed by atoms with E-state index < -0.39 is 5.97 Å². The molecule has 0 saturated carbocycles. The summed E-state index contributed by atoms with van der Waals surface area (Å²) in [6, 6.07) is 0. The topological polar surface area (TPSA) is 52.1 Å². The van der Waals surface area contributed by atoms with Crippen LogP contribution in [0.5, 0.6) is 0 Å². The third-order valence-electron chi connectivity index (χ3n) is 2.00. The largest absolute Gasteiger partial charge is 0.464 e. The smallest absolute Gasteiger partial charge is 0.358 e. The van der Waals surface area contributed by atoms with E-state index >= 15 is 0 Å². The van der Waals surface area contributed by atoms with Gasteiger partial charge in [0.15, 0.2) is 5.69 Å². The number of methoxy groups -OCH3 is 1. The molecule has 5 heteroatoms. The lowest BCUT2D eigenvalue weighted by molar-refractivity contribution is 0.0592. The molecular formula is C11H16N2O2S. The van der Waals surface area contributed by atoms with Gasteiger partial charge in [0.05, 0.1) is 19.5 Å². The number of thioether (sulfide) groups is 1. The molecular weight excluding hydrogens is 224 g/mol. The summed E-state index contributed by atoms with van der Waals surface area (Å²) in [5, 5.41) is 0.777. The Morgan fingerprint density at radius 1 is 1.44 bits per heavy atom. The van der Waals surface area contributed by atoms with Gasteiger partial charge in [0.25, 0.3) is 0 Å². The molecule has 0 N–H and O–H groups in total. The molecule has 1 aromatic heterocycles. The highest BCUT2D eigenvalue weighted by Gasteiger charge is 2.08. The quantitative estimate of drug-likeness (QED) is 0.434. The number of carbonyl (C=O) groups is 1. The number of ether oxygens (including phenoxy) is 1. The Kier molecular flexibility index (Phi) is 5.85. The highest BCUT2D eigenvalue weighted by atomic mass is 32.2. The number of aromatic nitrogens is 2. The molecule has 0 aliphatic rings. The van der Waals surface area contributed by atoms with Gasteiger partial charge in [0.1, 0.15) is 5.03 Å². The first-order valence-corrected chi connectivity index (χ1v) is 6.29. The van der Waals surface area contributed by atoms with Crippen molar-refractivity contribution >= 4 is 17.7 Å². The molecule has 16 heavy (non-hydrogen) atoms. The number of esters is 1. The van der Waals surface area contributed by atoms with Crippen LogP contribution >= 0.6 is 11.8 Å². The van der Waals surface area contributed by atoms with Gasteiger partial charge < -0.3 is 4.74 Å². The molecule has 1 rings (SSSR count). The number of nitrogens with zero attached hydrogens (tertiary/aromatic N) is 2. The first kappa shape index (κ1) is 13.0. The van der Waals surface area contributed by atoms with Gasteiger partial charge in [-0.05, 0) is 12.2 Å². The Labute approximate surface area is 99.8 Å². The Hall–Kier alpha value is -1.10. The highest BCUT2D eigenvalue weighted by molar-refractivity contribution is 7.99. The molecule has 0 aliphatic carbocycles. The summed E-state index contributed by atoms with van der Waals surface area (Å²) in [5.74, 6) is 0.566. The van der Waals surface area contributed by atoms with Crippen molar-refractivity contribution in [3.63, 3.8) is 0 Å². The molecule has 1 aromatic rings. The average molecular weight is 240 g/mol. The van der Waals surface area contributed by atoms with Crippen LogP contribution in [-0.2, 0) is 4.74 Å². The number of hydrogen-bond donors (Lipinski definition) is 0. The van der Waals surface area contributed by atoms with Crippen LogP contribution < -0.4 is 0 Å². The van der Waals surface area contributed by atoms with Gasteiger partial charge in [-0.25, -0.2) is 9.78 Å². The van der Waals surface area contributed by atoms with E-state index in [1.54, 1.807) is 18.0 Å². The van der Waals surface area contributed by atoms with Crippen LogP contribution in [0, 0.1) is 0 Å². The van der Waals surface area contributed by atoms with E-state index in [9.17, 15) is 4.79 Å². The fraction of sp³-hybridized carbons (Fsp3) is 0.545. The van der Waals surface area contributed by atoms with Crippen LogP contribution in [0.2, 0.25) is 0 Å². The molecule has 0 aromatic carbocycles. The highest BCUT2D eigenvalue weighted by Crippen LogP contribution is 2.16. The average Bonchev–Trinajstić information content (AvgIpc) is 2.34. The van der Waals surface area contributed by atoms with Crippen LogP contribution in [-0.4, -0.2) is 28.8 Å². The van der Waals surface area contributed by atoms with Crippen molar-refractivity contribution in [3.05, 3.63) is 18.1 Å². The number of hydrogen-bond acceptors (Lipinski definition) is 5. The molecule has 0 fully saturated rings. The van der Waals surface area contributed by atoms with Crippen molar-refractivity contribution in [1.29, 1.82) is 0 Å². The molecule has 0 saturated heterocycles. The van der Waals surface area contributed by atoms with Crippen LogP contribution in [0.1, 0.15) is 36.7 Å². The molecule has 0 bridgehead atoms. The van der Waals surface area contributed by atoms with E-state index in [1.165, 1.54) is 26.1 Å². The molecule has 1 heterocycles. The Bertz CT molecular complexity index is 345. The Morgan fingerprint density at radius 2 is 2.25 bits per heavy atom. The summed E-state index contributed by atoms with van der Waals surface area (Å²) in [6.07, 6.45) is 6.67. The summed E-state index contributed by atoms with van der Waals surface area (Å²) in [4.78, 5) is 19.3. The van der Waals surface area contributed by atoms with E-state index in [0.29, 0.717) is 0 Å². The lowest BCUT2D eigenvalue weighted by Gasteiger charge is -2.02. The summed E-state index contributed by atoms with van der Waals surface area (Å²) in [5.41, 5.74) is 0.267. The van der Waals surface area contributed by atoms with Crippen LogP contribution in [0.25, 0.3) is 0 Å². The molecule has 88 valence electrons. The summed E-state index contributed by atoms with van der Waals surface area (Å²) < 4.78 is 4.58. The van der Waals surface area contributed by atoms with Crippen molar-refractivity contribution in [1.82, 2.24) is 9.97 Å². The van der Waals surface area contributed by atoms with Crippen LogP contribution in [0.15, 0.2) is 17.4 Å². The van der Waals surface area contributed by atoms with E-state index in [2.05, 4.69) is 21.6 Å². The standard InChI is InChI=1S/C11H16N2O2S/c1-3-4-5-6-16-10-8-12-7-9(13-10)11(14)15-2/h7-8H,3-6H2,1-2H3. The number of rotatable bonds is 6. The maximum absolute atomic E-state index is 11.2. The zero-order chi connectivity index (χ0) is 11.8. The van der Waals surface area contributed by atoms with E-state index in [-0.39, 0.29) is 5.69 Å². The van der Waals surface area contributed by atoms with Crippen molar-refractivity contribution in [2.24, 2.45) is 0 Å². The van der Waals surface area contributed by atoms with Gasteiger partial charge in [0.2, 0.25) is 0 Å². The number of carbonyl (C=O) groups excluding carboxylic acids is 1. The van der Waals surface area contributed by atoms with Crippen LogP contribution in [0.4, 0.5) is 0 Å². The summed E-state index contributed by atoms with van der Waals surface area (Å²) in [7, 11) is 1.34. The Morgan fingerprint density at radius 3 is 2.94 bits per heavy atom. The molecule has 0 spiro atoms. The monoisotopic (exact) mass is 240 g/mol. The third-order valence-corrected chi connectivity index (χ3v) is 2.99. The maximum atomic E-state index is 11.2. The zero-order valence-corrected chi connectivity index (χ0v) is 10.4. The maximum Gasteiger partial charge on any atom is 0.358 e. The fourth-order valence-electron chi connectivity index (χ4n) is 1.15. The molecule has 0 radical (unpaired) electrons. The second-order valence-corrected chi connectivity index (χ2v) is 4.40. The second kappa shape index (κ2) is 7.22. The Balaban J connectivity index is 2.50. The van der Waals surface area contributed by atoms with Crippen LogP contribution in [0.3, 0.4) is 0 Å². The van der Waals surface area contributed by atoms with Crippen molar-refractivity contribution in [2.75, 3.05) is 12.9 Å². The van der Waals surface area contributed by atoms with Gasteiger partial charge in [-0.3, -0.25) is 4.98 Å². The molecule has 4 nitrogen and oxygen atoms in total. The van der Waals surface area contributed by atoms with Gasteiger partial charge in [-0.2, -0.15) is 0 Å².